The number of amides is 1. The molecule has 1 aromatic carbocycles. The van der Waals surface area contributed by atoms with Gasteiger partial charge in [0.1, 0.15) is 0 Å². The molecule has 0 atom stereocenters. The maximum Gasteiger partial charge on any atom is 0.416 e. The molecule has 0 bridgehead atoms. The van der Waals surface area contributed by atoms with Gasteiger partial charge in [-0.2, -0.15) is 13.2 Å². The van der Waals surface area contributed by atoms with Crippen molar-refractivity contribution in [1.82, 2.24) is 0 Å². The van der Waals surface area contributed by atoms with Gasteiger partial charge in [0.05, 0.1) is 5.56 Å². The van der Waals surface area contributed by atoms with Crippen LogP contribution in [0.3, 0.4) is 0 Å². The zero-order valence-corrected chi connectivity index (χ0v) is 8.34. The number of alkyl halides is 3. The molecule has 1 aliphatic heterocycles. The molecular formula is C11H9F3NO. The molecule has 0 N–H and O–H groups in total. The second kappa shape index (κ2) is 3.50. The summed E-state index contributed by atoms with van der Waals surface area (Å²) < 4.78 is 37.4. The first-order chi connectivity index (χ1) is 7.39. The molecular weight excluding hydrogens is 219 g/mol. The summed E-state index contributed by atoms with van der Waals surface area (Å²) in [5.74, 6) is -0.474. The molecule has 0 aromatic heterocycles. The van der Waals surface area contributed by atoms with Gasteiger partial charge < -0.3 is 4.90 Å². The number of hydrogen-bond acceptors (Lipinski definition) is 1. The number of carbonyl (C=O) groups excluding carboxylic acids is 1. The van der Waals surface area contributed by atoms with E-state index in [9.17, 15) is 18.0 Å². The third kappa shape index (κ3) is 1.77. The maximum atomic E-state index is 12.5. The first-order valence-corrected chi connectivity index (χ1v) is 4.73. The SMILES string of the molecule is [CH2]C(=O)N1CCc2ccc(C(F)(F)F)cc21. The summed E-state index contributed by atoms with van der Waals surface area (Å²) in [4.78, 5) is 12.4. The molecule has 0 spiro atoms. The molecule has 2 nitrogen and oxygen atoms in total. The van der Waals surface area contributed by atoms with E-state index in [2.05, 4.69) is 6.92 Å². The lowest BCUT2D eigenvalue weighted by Crippen LogP contribution is -2.26. The Morgan fingerprint density at radius 1 is 1.38 bits per heavy atom. The van der Waals surface area contributed by atoms with Crippen LogP contribution < -0.4 is 4.90 Å². The molecule has 1 aliphatic rings. The van der Waals surface area contributed by atoms with Gasteiger partial charge in [-0.25, -0.2) is 0 Å². The summed E-state index contributed by atoms with van der Waals surface area (Å²) in [5.41, 5.74) is 0.347. The monoisotopic (exact) mass is 228 g/mol. The quantitative estimate of drug-likeness (QED) is 0.667. The Labute approximate surface area is 90.7 Å². The second-order valence-electron chi connectivity index (χ2n) is 3.64. The van der Waals surface area contributed by atoms with Crippen molar-refractivity contribution in [3.05, 3.63) is 36.2 Å². The van der Waals surface area contributed by atoms with Gasteiger partial charge in [-0.15, -0.1) is 0 Å². The Morgan fingerprint density at radius 2 is 2.06 bits per heavy atom. The van der Waals surface area contributed by atoms with Gasteiger partial charge in [-0.1, -0.05) is 6.07 Å². The van der Waals surface area contributed by atoms with Crippen molar-refractivity contribution < 1.29 is 18.0 Å². The van der Waals surface area contributed by atoms with E-state index in [-0.39, 0.29) is 0 Å². The van der Waals surface area contributed by atoms with Crippen molar-refractivity contribution in [3.8, 4) is 0 Å². The molecule has 0 unspecified atom stereocenters. The Balaban J connectivity index is 2.45. The third-order valence-corrected chi connectivity index (χ3v) is 2.61. The van der Waals surface area contributed by atoms with Crippen LogP contribution in [0.4, 0.5) is 18.9 Å². The standard InChI is InChI=1S/C11H9F3NO/c1-7(16)15-5-4-8-2-3-9(6-10(8)15)11(12,13)14/h2-3,6H,1,4-5H2. The minimum atomic E-state index is -4.38. The number of fused-ring (bicyclic) bond motifs is 1. The average Bonchev–Trinajstić information content (AvgIpc) is 2.58. The van der Waals surface area contributed by atoms with Crippen LogP contribution in [-0.4, -0.2) is 12.5 Å². The van der Waals surface area contributed by atoms with Crippen LogP contribution in [0.2, 0.25) is 0 Å². The molecule has 0 aliphatic carbocycles. The number of nitrogens with zero attached hydrogens (tertiary/aromatic N) is 1. The minimum absolute atomic E-state index is 0.329. The summed E-state index contributed by atoms with van der Waals surface area (Å²) in [6.45, 7) is 3.62. The van der Waals surface area contributed by atoms with E-state index in [0.29, 0.717) is 18.7 Å². The third-order valence-electron chi connectivity index (χ3n) is 2.61. The molecule has 1 radical (unpaired) electrons. The Hall–Kier alpha value is -1.52. The minimum Gasteiger partial charge on any atom is -0.312 e. The zero-order valence-electron chi connectivity index (χ0n) is 8.34. The highest BCUT2D eigenvalue weighted by atomic mass is 19.4. The Morgan fingerprint density at radius 3 is 2.62 bits per heavy atom. The fraction of sp³-hybridized carbons (Fsp3) is 0.273. The molecule has 85 valence electrons. The van der Waals surface area contributed by atoms with Gasteiger partial charge in [0.2, 0.25) is 5.91 Å². The molecule has 0 fully saturated rings. The van der Waals surface area contributed by atoms with Crippen LogP contribution in [-0.2, 0) is 17.4 Å². The van der Waals surface area contributed by atoms with Crippen molar-refractivity contribution in [3.63, 3.8) is 0 Å². The van der Waals surface area contributed by atoms with Gasteiger partial charge in [0.25, 0.3) is 0 Å². The summed E-state index contributed by atoms with van der Waals surface area (Å²) >= 11 is 0. The van der Waals surface area contributed by atoms with E-state index in [4.69, 9.17) is 0 Å². The Bertz CT molecular complexity index is 439. The maximum absolute atomic E-state index is 12.5. The highest BCUT2D eigenvalue weighted by Crippen LogP contribution is 2.35. The zero-order chi connectivity index (χ0) is 11.9. The first-order valence-electron chi connectivity index (χ1n) is 4.73. The topological polar surface area (TPSA) is 20.3 Å². The number of anilines is 1. The summed E-state index contributed by atoms with van der Waals surface area (Å²) in [6, 6.07) is 3.46. The summed E-state index contributed by atoms with van der Waals surface area (Å²) in [5, 5.41) is 0. The second-order valence-corrected chi connectivity index (χ2v) is 3.64. The van der Waals surface area contributed by atoms with Crippen molar-refractivity contribution in [2.75, 3.05) is 11.4 Å². The van der Waals surface area contributed by atoms with Crippen LogP contribution >= 0.6 is 0 Å². The molecule has 2 rings (SSSR count). The fourth-order valence-electron chi connectivity index (χ4n) is 1.81. The van der Waals surface area contributed by atoms with Crippen LogP contribution in [0.15, 0.2) is 18.2 Å². The predicted octanol–water partition coefficient (Wildman–Crippen LogP) is 2.43. The number of halogens is 3. The number of carbonyl (C=O) groups is 1. The van der Waals surface area contributed by atoms with Crippen LogP contribution in [0.25, 0.3) is 0 Å². The van der Waals surface area contributed by atoms with Crippen molar-refractivity contribution in [2.24, 2.45) is 0 Å². The van der Waals surface area contributed by atoms with E-state index in [1.54, 1.807) is 0 Å². The number of rotatable bonds is 0. The molecule has 1 heterocycles. The van der Waals surface area contributed by atoms with Crippen LogP contribution in [0, 0.1) is 6.92 Å². The Kier molecular flexibility index (Phi) is 2.40. The normalized spacial score (nSPS) is 15.1. The van der Waals surface area contributed by atoms with E-state index in [0.717, 1.165) is 17.7 Å². The number of benzene rings is 1. The summed E-state index contributed by atoms with van der Waals surface area (Å²) in [7, 11) is 0. The fourth-order valence-corrected chi connectivity index (χ4v) is 1.81. The van der Waals surface area contributed by atoms with Crippen molar-refractivity contribution >= 4 is 11.6 Å². The lowest BCUT2D eigenvalue weighted by atomic mass is 10.1. The lowest BCUT2D eigenvalue weighted by Gasteiger charge is -2.16. The first kappa shape index (κ1) is 11.0. The summed E-state index contributed by atoms with van der Waals surface area (Å²) in [6.07, 6.45) is -3.80. The van der Waals surface area contributed by atoms with E-state index in [1.165, 1.54) is 11.0 Å². The van der Waals surface area contributed by atoms with Gasteiger partial charge in [0.15, 0.2) is 0 Å². The molecule has 0 saturated heterocycles. The molecule has 1 amide bonds. The van der Waals surface area contributed by atoms with Crippen LogP contribution in [0.1, 0.15) is 11.1 Å². The number of hydrogen-bond donors (Lipinski definition) is 0. The smallest absolute Gasteiger partial charge is 0.312 e. The molecule has 1 aromatic rings. The van der Waals surface area contributed by atoms with Crippen molar-refractivity contribution in [1.29, 1.82) is 0 Å². The molecule has 5 heteroatoms. The lowest BCUT2D eigenvalue weighted by molar-refractivity contribution is -0.137. The van der Waals surface area contributed by atoms with E-state index >= 15 is 0 Å². The van der Waals surface area contributed by atoms with Gasteiger partial charge >= 0.3 is 6.18 Å². The van der Waals surface area contributed by atoms with E-state index < -0.39 is 17.6 Å². The largest absolute Gasteiger partial charge is 0.416 e. The van der Waals surface area contributed by atoms with Crippen molar-refractivity contribution in [2.45, 2.75) is 12.6 Å². The highest BCUT2D eigenvalue weighted by Gasteiger charge is 2.33. The van der Waals surface area contributed by atoms with E-state index in [1.807, 2.05) is 0 Å². The van der Waals surface area contributed by atoms with Crippen LogP contribution in [0.5, 0.6) is 0 Å². The molecule has 0 saturated carbocycles. The predicted molar refractivity (Wildman–Crippen MR) is 52.9 cm³/mol. The van der Waals surface area contributed by atoms with Gasteiger partial charge in [-0.05, 0) is 24.1 Å². The highest BCUT2D eigenvalue weighted by molar-refractivity contribution is 5.98. The molecule has 16 heavy (non-hydrogen) atoms. The average molecular weight is 228 g/mol. The van der Waals surface area contributed by atoms with Gasteiger partial charge in [-0.3, -0.25) is 4.79 Å². The van der Waals surface area contributed by atoms with Gasteiger partial charge in [0, 0.05) is 19.2 Å².